The van der Waals surface area contributed by atoms with E-state index in [4.69, 9.17) is 9.97 Å². The van der Waals surface area contributed by atoms with Crippen molar-refractivity contribution in [3.63, 3.8) is 0 Å². The molecule has 1 amide bonds. The first kappa shape index (κ1) is 18.2. The van der Waals surface area contributed by atoms with Crippen LogP contribution in [0.5, 0.6) is 0 Å². The molecule has 6 nitrogen and oxygen atoms in total. The minimum atomic E-state index is 0.168. The van der Waals surface area contributed by atoms with Crippen molar-refractivity contribution >= 4 is 28.3 Å². The van der Waals surface area contributed by atoms with Crippen LogP contribution in [0.4, 0.5) is 11.5 Å². The van der Waals surface area contributed by atoms with Gasteiger partial charge in [-0.1, -0.05) is 12.1 Å². The normalized spacial score (nSPS) is 13.4. The lowest BCUT2D eigenvalue weighted by Crippen LogP contribution is -2.30. The molecule has 1 N–H and O–H groups in total. The van der Waals surface area contributed by atoms with Gasteiger partial charge in [-0.25, -0.2) is 9.97 Å². The molecule has 0 bridgehead atoms. The zero-order valence-electron chi connectivity index (χ0n) is 16.9. The highest BCUT2D eigenvalue weighted by atomic mass is 16.2. The molecule has 5 rings (SSSR count). The van der Waals surface area contributed by atoms with Crippen LogP contribution in [0.1, 0.15) is 12.0 Å². The van der Waals surface area contributed by atoms with Gasteiger partial charge in [0.1, 0.15) is 5.82 Å². The molecule has 1 aliphatic heterocycles. The lowest BCUT2D eigenvalue weighted by molar-refractivity contribution is -0.118. The van der Waals surface area contributed by atoms with E-state index in [0.29, 0.717) is 12.2 Å². The summed E-state index contributed by atoms with van der Waals surface area (Å²) in [7, 11) is 3.71. The van der Waals surface area contributed by atoms with Gasteiger partial charge >= 0.3 is 0 Å². The smallest absolute Gasteiger partial charge is 0.227 e. The van der Waals surface area contributed by atoms with E-state index in [-0.39, 0.29) is 5.91 Å². The summed E-state index contributed by atoms with van der Waals surface area (Å²) >= 11 is 0. The Morgan fingerprint density at radius 1 is 0.967 bits per heavy atom. The quantitative estimate of drug-likeness (QED) is 0.560. The standard InChI is InChI=1S/C24H21N5O/c1-25-24-19-13-16(15-6-9-21-17(12-15)7-10-22(30)29(21)2)5-8-20(19)27-23(28-24)18-4-3-11-26-14-18/h3-6,8-9,11-14H,7,10H2,1-2H3,(H,25,27,28). The second-order valence-electron chi connectivity index (χ2n) is 7.42. The molecular weight excluding hydrogens is 374 g/mol. The van der Waals surface area contributed by atoms with Crippen molar-refractivity contribution in [2.24, 2.45) is 0 Å². The first-order valence-corrected chi connectivity index (χ1v) is 9.94. The Hall–Kier alpha value is -3.80. The third kappa shape index (κ3) is 3.06. The van der Waals surface area contributed by atoms with Gasteiger partial charge in [0.25, 0.3) is 0 Å². The highest BCUT2D eigenvalue weighted by molar-refractivity contribution is 5.97. The predicted molar refractivity (Wildman–Crippen MR) is 119 cm³/mol. The van der Waals surface area contributed by atoms with Crippen LogP contribution < -0.4 is 10.2 Å². The topological polar surface area (TPSA) is 71.0 Å². The minimum absolute atomic E-state index is 0.168. The van der Waals surface area contributed by atoms with E-state index in [2.05, 4.69) is 34.6 Å². The molecule has 0 radical (unpaired) electrons. The van der Waals surface area contributed by atoms with Crippen molar-refractivity contribution in [3.8, 4) is 22.5 Å². The molecule has 0 saturated heterocycles. The Bertz CT molecular complexity index is 1270. The fraction of sp³-hybridized carbons (Fsp3) is 0.167. The molecule has 0 saturated carbocycles. The van der Waals surface area contributed by atoms with Crippen molar-refractivity contribution in [2.45, 2.75) is 12.8 Å². The Morgan fingerprint density at radius 2 is 1.80 bits per heavy atom. The maximum absolute atomic E-state index is 12.0. The molecule has 30 heavy (non-hydrogen) atoms. The number of benzene rings is 2. The number of rotatable bonds is 3. The van der Waals surface area contributed by atoms with Crippen LogP contribution in [0.15, 0.2) is 60.9 Å². The number of hydrogen-bond acceptors (Lipinski definition) is 5. The van der Waals surface area contributed by atoms with Crippen molar-refractivity contribution in [1.29, 1.82) is 0 Å². The number of fused-ring (bicyclic) bond motifs is 2. The van der Waals surface area contributed by atoms with Crippen molar-refractivity contribution in [3.05, 3.63) is 66.5 Å². The number of nitrogens with zero attached hydrogens (tertiary/aromatic N) is 4. The van der Waals surface area contributed by atoms with E-state index in [0.717, 1.165) is 45.5 Å². The van der Waals surface area contributed by atoms with E-state index in [1.54, 1.807) is 17.3 Å². The third-order valence-electron chi connectivity index (χ3n) is 5.61. The van der Waals surface area contributed by atoms with E-state index in [9.17, 15) is 4.79 Å². The van der Waals surface area contributed by atoms with Gasteiger partial charge < -0.3 is 10.2 Å². The molecule has 1 aliphatic rings. The number of amides is 1. The molecule has 0 aliphatic carbocycles. The molecular formula is C24H21N5O. The predicted octanol–water partition coefficient (Wildman–Crippen LogP) is 4.31. The average Bonchev–Trinajstić information content (AvgIpc) is 2.80. The number of nitrogens with one attached hydrogen (secondary N) is 1. The van der Waals surface area contributed by atoms with Gasteiger partial charge in [-0.3, -0.25) is 9.78 Å². The van der Waals surface area contributed by atoms with Crippen LogP contribution in [0.3, 0.4) is 0 Å². The summed E-state index contributed by atoms with van der Waals surface area (Å²) in [6.45, 7) is 0. The highest BCUT2D eigenvalue weighted by Gasteiger charge is 2.21. The summed E-state index contributed by atoms with van der Waals surface area (Å²) in [5.41, 5.74) is 6.17. The van der Waals surface area contributed by atoms with Gasteiger partial charge in [0.15, 0.2) is 5.82 Å². The van der Waals surface area contributed by atoms with Crippen LogP contribution in [0.2, 0.25) is 0 Å². The Labute approximate surface area is 174 Å². The van der Waals surface area contributed by atoms with Gasteiger partial charge in [-0.2, -0.15) is 0 Å². The largest absolute Gasteiger partial charge is 0.373 e. The summed E-state index contributed by atoms with van der Waals surface area (Å²) in [6, 6.07) is 16.4. The Kier molecular flexibility index (Phi) is 4.39. The van der Waals surface area contributed by atoms with E-state index in [1.165, 1.54) is 5.56 Å². The molecule has 0 fully saturated rings. The molecule has 4 aromatic rings. The van der Waals surface area contributed by atoms with Gasteiger partial charge in [0.2, 0.25) is 5.91 Å². The van der Waals surface area contributed by atoms with Crippen molar-refractivity contribution in [1.82, 2.24) is 15.0 Å². The van der Waals surface area contributed by atoms with Crippen LogP contribution in [-0.2, 0) is 11.2 Å². The number of carbonyl (C=O) groups excluding carboxylic acids is 1. The lowest BCUT2D eigenvalue weighted by atomic mass is 9.95. The highest BCUT2D eigenvalue weighted by Crippen LogP contribution is 2.33. The van der Waals surface area contributed by atoms with Crippen LogP contribution >= 0.6 is 0 Å². The van der Waals surface area contributed by atoms with E-state index < -0.39 is 0 Å². The van der Waals surface area contributed by atoms with Gasteiger partial charge in [-0.15, -0.1) is 0 Å². The second kappa shape index (κ2) is 7.22. The number of pyridine rings is 1. The number of aromatic nitrogens is 3. The molecule has 2 aromatic heterocycles. The monoisotopic (exact) mass is 395 g/mol. The Morgan fingerprint density at radius 3 is 2.60 bits per heavy atom. The molecule has 0 unspecified atom stereocenters. The maximum atomic E-state index is 12.0. The van der Waals surface area contributed by atoms with Gasteiger partial charge in [0.05, 0.1) is 5.52 Å². The third-order valence-corrected chi connectivity index (χ3v) is 5.61. The summed E-state index contributed by atoms with van der Waals surface area (Å²) in [5, 5.41) is 4.17. The fourth-order valence-electron chi connectivity index (χ4n) is 3.96. The van der Waals surface area contributed by atoms with Crippen molar-refractivity contribution in [2.75, 3.05) is 24.3 Å². The lowest BCUT2D eigenvalue weighted by Gasteiger charge is -2.26. The van der Waals surface area contributed by atoms with Crippen LogP contribution in [0.25, 0.3) is 33.4 Å². The maximum Gasteiger partial charge on any atom is 0.227 e. The summed E-state index contributed by atoms with van der Waals surface area (Å²) in [6.07, 6.45) is 4.84. The summed E-state index contributed by atoms with van der Waals surface area (Å²) in [4.78, 5) is 27.3. The SMILES string of the molecule is CNc1nc(-c2cccnc2)nc2ccc(-c3ccc4c(c3)CCC(=O)N4C)cc12. The number of aryl methyl sites for hydroxylation is 1. The molecule has 0 spiro atoms. The summed E-state index contributed by atoms with van der Waals surface area (Å²) < 4.78 is 0. The van der Waals surface area contributed by atoms with Crippen molar-refractivity contribution < 1.29 is 4.79 Å². The van der Waals surface area contributed by atoms with Crippen LogP contribution in [0, 0.1) is 0 Å². The van der Waals surface area contributed by atoms with E-state index >= 15 is 0 Å². The number of hydrogen-bond donors (Lipinski definition) is 1. The summed E-state index contributed by atoms with van der Waals surface area (Å²) in [5.74, 6) is 1.60. The average molecular weight is 395 g/mol. The zero-order chi connectivity index (χ0) is 20.7. The molecule has 3 heterocycles. The van der Waals surface area contributed by atoms with E-state index in [1.807, 2.05) is 38.4 Å². The number of carbonyl (C=O) groups is 1. The Balaban J connectivity index is 1.59. The molecule has 0 atom stereocenters. The molecule has 148 valence electrons. The van der Waals surface area contributed by atoms with Crippen LogP contribution in [-0.4, -0.2) is 35.0 Å². The second-order valence-corrected chi connectivity index (χ2v) is 7.42. The van der Waals surface area contributed by atoms with Gasteiger partial charge in [-0.05, 0) is 59.5 Å². The number of anilines is 2. The first-order valence-electron chi connectivity index (χ1n) is 9.94. The molecule has 6 heteroatoms. The minimum Gasteiger partial charge on any atom is -0.373 e. The van der Waals surface area contributed by atoms with Gasteiger partial charge in [0, 0.05) is 49.5 Å². The molecule has 2 aromatic carbocycles. The fourth-order valence-corrected chi connectivity index (χ4v) is 3.96. The zero-order valence-corrected chi connectivity index (χ0v) is 16.9. The first-order chi connectivity index (χ1) is 14.6.